The number of aromatic amines is 1. The standard InChI is InChI=1S/C9H16N4O2S/c1-7-3-10-4-8(2)13(7)16(14,15)9-5-11-12-6-9/h5-8,10H,3-4H2,1-2H3,(H,11,12). The van der Waals surface area contributed by atoms with Crippen molar-refractivity contribution >= 4 is 10.0 Å². The fourth-order valence-corrected chi connectivity index (χ4v) is 3.82. The Morgan fingerprint density at radius 3 is 2.50 bits per heavy atom. The summed E-state index contributed by atoms with van der Waals surface area (Å²) in [5.41, 5.74) is 0. The summed E-state index contributed by atoms with van der Waals surface area (Å²) in [6.07, 6.45) is 2.76. The molecule has 2 atom stereocenters. The first-order valence-electron chi connectivity index (χ1n) is 5.26. The van der Waals surface area contributed by atoms with E-state index < -0.39 is 10.0 Å². The van der Waals surface area contributed by atoms with Gasteiger partial charge in [0.15, 0.2) is 0 Å². The van der Waals surface area contributed by atoms with Crippen LogP contribution in [0.25, 0.3) is 0 Å². The van der Waals surface area contributed by atoms with Crippen molar-refractivity contribution in [2.24, 2.45) is 0 Å². The average Bonchev–Trinajstić information content (AvgIpc) is 2.69. The molecule has 1 fully saturated rings. The van der Waals surface area contributed by atoms with Crippen LogP contribution in [-0.4, -0.2) is 48.1 Å². The van der Waals surface area contributed by atoms with E-state index in [2.05, 4.69) is 15.5 Å². The van der Waals surface area contributed by atoms with Crippen molar-refractivity contribution in [2.75, 3.05) is 13.1 Å². The van der Waals surface area contributed by atoms with Crippen molar-refractivity contribution in [3.05, 3.63) is 12.4 Å². The third kappa shape index (κ3) is 1.85. The van der Waals surface area contributed by atoms with E-state index >= 15 is 0 Å². The average molecular weight is 244 g/mol. The Morgan fingerprint density at radius 1 is 1.38 bits per heavy atom. The van der Waals surface area contributed by atoms with E-state index in [9.17, 15) is 8.42 Å². The summed E-state index contributed by atoms with van der Waals surface area (Å²) in [6, 6.07) is -0.0766. The molecular weight excluding hydrogens is 228 g/mol. The second-order valence-corrected chi connectivity index (χ2v) is 5.97. The van der Waals surface area contributed by atoms with Crippen LogP contribution in [0.3, 0.4) is 0 Å². The molecule has 16 heavy (non-hydrogen) atoms. The topological polar surface area (TPSA) is 78.1 Å². The van der Waals surface area contributed by atoms with Crippen LogP contribution in [0.1, 0.15) is 13.8 Å². The van der Waals surface area contributed by atoms with E-state index in [0.717, 1.165) is 0 Å². The van der Waals surface area contributed by atoms with Gasteiger partial charge in [0.05, 0.1) is 6.20 Å². The molecule has 1 aromatic rings. The van der Waals surface area contributed by atoms with Crippen molar-refractivity contribution in [3.63, 3.8) is 0 Å². The number of aromatic nitrogens is 2. The lowest BCUT2D eigenvalue weighted by molar-refractivity contribution is 0.220. The molecule has 1 aliphatic rings. The van der Waals surface area contributed by atoms with Gasteiger partial charge in [0.2, 0.25) is 10.0 Å². The normalized spacial score (nSPS) is 28.1. The highest BCUT2D eigenvalue weighted by atomic mass is 32.2. The van der Waals surface area contributed by atoms with Gasteiger partial charge in [0.1, 0.15) is 4.90 Å². The molecule has 2 rings (SSSR count). The second kappa shape index (κ2) is 4.15. The quantitative estimate of drug-likeness (QED) is 0.754. The number of nitrogens with zero attached hydrogens (tertiary/aromatic N) is 2. The van der Waals surface area contributed by atoms with Gasteiger partial charge in [-0.1, -0.05) is 0 Å². The molecule has 0 saturated carbocycles. The molecule has 0 aliphatic carbocycles. The Morgan fingerprint density at radius 2 is 2.00 bits per heavy atom. The number of piperazine rings is 1. The highest BCUT2D eigenvalue weighted by molar-refractivity contribution is 7.89. The van der Waals surface area contributed by atoms with Crippen molar-refractivity contribution < 1.29 is 8.42 Å². The van der Waals surface area contributed by atoms with Crippen LogP contribution in [0.2, 0.25) is 0 Å². The maximum atomic E-state index is 12.3. The minimum Gasteiger partial charge on any atom is -0.314 e. The van der Waals surface area contributed by atoms with Crippen molar-refractivity contribution in [1.82, 2.24) is 19.8 Å². The van der Waals surface area contributed by atoms with Gasteiger partial charge in [0, 0.05) is 31.4 Å². The lowest BCUT2D eigenvalue weighted by atomic mass is 10.2. The first-order chi connectivity index (χ1) is 7.53. The summed E-state index contributed by atoms with van der Waals surface area (Å²) in [5.74, 6) is 0. The Balaban J connectivity index is 2.36. The maximum Gasteiger partial charge on any atom is 0.246 e. The van der Waals surface area contributed by atoms with E-state index in [1.165, 1.54) is 12.4 Å². The maximum absolute atomic E-state index is 12.3. The van der Waals surface area contributed by atoms with Crippen molar-refractivity contribution in [2.45, 2.75) is 30.8 Å². The smallest absolute Gasteiger partial charge is 0.246 e. The van der Waals surface area contributed by atoms with Crippen LogP contribution < -0.4 is 5.32 Å². The molecule has 90 valence electrons. The molecule has 1 aliphatic heterocycles. The number of nitrogens with one attached hydrogen (secondary N) is 2. The predicted octanol–water partition coefficient (Wildman–Crippen LogP) is -0.219. The van der Waals surface area contributed by atoms with E-state index in [1.807, 2.05) is 13.8 Å². The number of hydrogen-bond donors (Lipinski definition) is 2. The zero-order valence-electron chi connectivity index (χ0n) is 9.34. The van der Waals surface area contributed by atoms with Crippen LogP contribution in [0.5, 0.6) is 0 Å². The molecular formula is C9H16N4O2S. The molecule has 0 amide bonds. The van der Waals surface area contributed by atoms with Crippen LogP contribution in [0.15, 0.2) is 17.3 Å². The van der Waals surface area contributed by atoms with Gasteiger partial charge in [-0.2, -0.15) is 9.40 Å². The summed E-state index contributed by atoms with van der Waals surface area (Å²) in [5, 5.41) is 9.42. The molecule has 7 heteroatoms. The number of H-pyrrole nitrogens is 1. The van der Waals surface area contributed by atoms with Crippen LogP contribution in [0, 0.1) is 0 Å². The Kier molecular flexibility index (Phi) is 3.00. The summed E-state index contributed by atoms with van der Waals surface area (Å²) in [7, 11) is -3.42. The van der Waals surface area contributed by atoms with Crippen LogP contribution >= 0.6 is 0 Å². The predicted molar refractivity (Wildman–Crippen MR) is 59.4 cm³/mol. The molecule has 1 aromatic heterocycles. The van der Waals surface area contributed by atoms with Crippen LogP contribution in [0.4, 0.5) is 0 Å². The molecule has 1 saturated heterocycles. The summed E-state index contributed by atoms with van der Waals surface area (Å²) < 4.78 is 26.2. The lowest BCUT2D eigenvalue weighted by Gasteiger charge is -2.37. The fourth-order valence-electron chi connectivity index (χ4n) is 2.09. The highest BCUT2D eigenvalue weighted by Gasteiger charge is 2.35. The Bertz CT molecular complexity index is 432. The van der Waals surface area contributed by atoms with Gasteiger partial charge in [0.25, 0.3) is 0 Å². The van der Waals surface area contributed by atoms with Crippen LogP contribution in [-0.2, 0) is 10.0 Å². The molecule has 0 spiro atoms. The first-order valence-corrected chi connectivity index (χ1v) is 6.70. The summed E-state index contributed by atoms with van der Waals surface area (Å²) >= 11 is 0. The van der Waals surface area contributed by atoms with E-state index in [4.69, 9.17) is 0 Å². The van der Waals surface area contributed by atoms with Gasteiger partial charge in [-0.25, -0.2) is 8.42 Å². The third-order valence-electron chi connectivity index (χ3n) is 2.80. The molecule has 0 aromatic carbocycles. The molecule has 2 N–H and O–H groups in total. The molecule has 6 nitrogen and oxygen atoms in total. The second-order valence-electron chi connectivity index (χ2n) is 4.13. The largest absolute Gasteiger partial charge is 0.314 e. The molecule has 0 radical (unpaired) electrons. The van der Waals surface area contributed by atoms with Gasteiger partial charge in [-0.3, -0.25) is 5.10 Å². The SMILES string of the molecule is CC1CNCC(C)N1S(=O)(=O)c1cn[nH]c1. The van der Waals surface area contributed by atoms with Gasteiger partial charge in [-0.15, -0.1) is 0 Å². The monoisotopic (exact) mass is 244 g/mol. The number of hydrogen-bond acceptors (Lipinski definition) is 4. The summed E-state index contributed by atoms with van der Waals surface area (Å²) in [4.78, 5) is 0.230. The van der Waals surface area contributed by atoms with Gasteiger partial charge >= 0.3 is 0 Å². The molecule has 0 bridgehead atoms. The minimum absolute atomic E-state index is 0.0383. The van der Waals surface area contributed by atoms with E-state index in [0.29, 0.717) is 13.1 Å². The first kappa shape index (κ1) is 11.6. The zero-order chi connectivity index (χ0) is 11.8. The molecule has 2 unspecified atom stereocenters. The Labute approximate surface area is 95.1 Å². The van der Waals surface area contributed by atoms with E-state index in [-0.39, 0.29) is 17.0 Å². The Hall–Kier alpha value is -0.920. The lowest BCUT2D eigenvalue weighted by Crippen LogP contribution is -2.56. The number of rotatable bonds is 2. The zero-order valence-corrected chi connectivity index (χ0v) is 10.2. The van der Waals surface area contributed by atoms with Crippen molar-refractivity contribution in [1.29, 1.82) is 0 Å². The summed E-state index contributed by atoms with van der Waals surface area (Å²) in [6.45, 7) is 5.17. The van der Waals surface area contributed by atoms with Gasteiger partial charge < -0.3 is 5.32 Å². The third-order valence-corrected chi connectivity index (χ3v) is 4.89. The van der Waals surface area contributed by atoms with Gasteiger partial charge in [-0.05, 0) is 13.8 Å². The molecule has 2 heterocycles. The number of sulfonamides is 1. The highest BCUT2D eigenvalue weighted by Crippen LogP contribution is 2.21. The fraction of sp³-hybridized carbons (Fsp3) is 0.667. The van der Waals surface area contributed by atoms with Crippen molar-refractivity contribution in [3.8, 4) is 0 Å². The minimum atomic E-state index is -3.42. The van der Waals surface area contributed by atoms with E-state index in [1.54, 1.807) is 4.31 Å².